The van der Waals surface area contributed by atoms with E-state index < -0.39 is 0 Å². The Labute approximate surface area is 114 Å². The van der Waals surface area contributed by atoms with E-state index in [1.54, 1.807) is 0 Å². The third-order valence-electron chi connectivity index (χ3n) is 3.31. The van der Waals surface area contributed by atoms with Gasteiger partial charge in [-0.3, -0.25) is 9.59 Å². The Bertz CT molecular complexity index is 289. The summed E-state index contributed by atoms with van der Waals surface area (Å²) in [6, 6.07) is 0. The van der Waals surface area contributed by atoms with Gasteiger partial charge in [0.2, 0.25) is 11.8 Å². The highest BCUT2D eigenvalue weighted by molar-refractivity contribution is 5.86. The lowest BCUT2D eigenvalue weighted by molar-refractivity contribution is -0.131. The maximum Gasteiger partial charge on any atom is 0.241 e. The fourth-order valence-electron chi connectivity index (χ4n) is 2.03. The molecule has 2 rings (SSSR count). The average Bonchev–Trinajstić information content (AvgIpc) is 2.97. The van der Waals surface area contributed by atoms with E-state index >= 15 is 0 Å². The second-order valence-corrected chi connectivity index (χ2v) is 4.94. The van der Waals surface area contributed by atoms with Gasteiger partial charge >= 0.3 is 0 Å². The van der Waals surface area contributed by atoms with Gasteiger partial charge in [-0.1, -0.05) is 0 Å². The molecule has 0 aromatic heterocycles. The predicted molar refractivity (Wildman–Crippen MR) is 71.7 cm³/mol. The van der Waals surface area contributed by atoms with Crippen molar-refractivity contribution in [1.29, 1.82) is 0 Å². The fraction of sp³-hybridized carbons (Fsp3) is 0.833. The normalized spacial score (nSPS) is 18.3. The smallest absolute Gasteiger partial charge is 0.241 e. The van der Waals surface area contributed by atoms with Crippen molar-refractivity contribution in [1.82, 2.24) is 15.5 Å². The van der Waals surface area contributed by atoms with E-state index in [1.807, 2.05) is 4.90 Å². The van der Waals surface area contributed by atoms with E-state index in [-0.39, 0.29) is 30.8 Å². The number of halogens is 1. The van der Waals surface area contributed by atoms with Crippen LogP contribution in [-0.2, 0) is 9.59 Å². The molecule has 1 saturated carbocycles. The summed E-state index contributed by atoms with van der Waals surface area (Å²) in [5.74, 6) is 0.727. The van der Waals surface area contributed by atoms with Crippen molar-refractivity contribution in [2.24, 2.45) is 5.92 Å². The van der Waals surface area contributed by atoms with Crippen molar-refractivity contribution in [3.8, 4) is 0 Å². The Hall–Kier alpha value is -0.810. The Morgan fingerprint density at radius 3 is 2.39 bits per heavy atom. The van der Waals surface area contributed by atoms with E-state index in [9.17, 15) is 9.59 Å². The Balaban J connectivity index is 0.00000162. The van der Waals surface area contributed by atoms with Gasteiger partial charge < -0.3 is 15.5 Å². The van der Waals surface area contributed by atoms with Gasteiger partial charge in [0.05, 0.1) is 13.1 Å². The SMILES string of the molecule is Cl.O=C(CNCC1CC1)NCC(=O)N1CCCC1. The number of amides is 2. The largest absolute Gasteiger partial charge is 0.346 e. The Morgan fingerprint density at radius 2 is 1.78 bits per heavy atom. The molecule has 2 amide bonds. The van der Waals surface area contributed by atoms with Crippen molar-refractivity contribution >= 4 is 24.2 Å². The minimum atomic E-state index is -0.0850. The number of likely N-dealkylation sites (tertiary alicyclic amines) is 1. The van der Waals surface area contributed by atoms with E-state index in [0.29, 0.717) is 6.54 Å². The fourth-order valence-corrected chi connectivity index (χ4v) is 2.03. The summed E-state index contributed by atoms with van der Waals surface area (Å²) >= 11 is 0. The first kappa shape index (κ1) is 15.2. The standard InChI is InChI=1S/C12H21N3O2.ClH/c16-11(8-13-7-10-3-4-10)14-9-12(17)15-5-1-2-6-15;/h10,13H,1-9H2,(H,14,16);1H. The summed E-state index contributed by atoms with van der Waals surface area (Å²) in [7, 11) is 0. The van der Waals surface area contributed by atoms with Crippen LogP contribution in [0, 0.1) is 5.92 Å². The van der Waals surface area contributed by atoms with Crippen LogP contribution in [0.4, 0.5) is 0 Å². The lowest BCUT2D eigenvalue weighted by Crippen LogP contribution is -2.42. The zero-order valence-electron chi connectivity index (χ0n) is 10.6. The van der Waals surface area contributed by atoms with Crippen LogP contribution in [0.3, 0.4) is 0 Å². The molecule has 0 spiro atoms. The number of hydrogen-bond acceptors (Lipinski definition) is 3. The van der Waals surface area contributed by atoms with Gasteiger partial charge in [-0.15, -0.1) is 12.4 Å². The molecule has 0 atom stereocenters. The van der Waals surface area contributed by atoms with Crippen LogP contribution >= 0.6 is 12.4 Å². The topological polar surface area (TPSA) is 61.4 Å². The van der Waals surface area contributed by atoms with Crippen LogP contribution in [0.15, 0.2) is 0 Å². The molecule has 18 heavy (non-hydrogen) atoms. The van der Waals surface area contributed by atoms with Gasteiger partial charge in [0.25, 0.3) is 0 Å². The molecule has 0 radical (unpaired) electrons. The molecule has 6 heteroatoms. The second-order valence-electron chi connectivity index (χ2n) is 4.94. The van der Waals surface area contributed by atoms with Crippen LogP contribution in [-0.4, -0.2) is 49.4 Å². The first-order valence-electron chi connectivity index (χ1n) is 6.51. The molecule has 1 aliphatic heterocycles. The Kier molecular flexibility index (Phi) is 6.43. The van der Waals surface area contributed by atoms with Crippen molar-refractivity contribution in [3.05, 3.63) is 0 Å². The lowest BCUT2D eigenvalue weighted by Gasteiger charge is -2.15. The van der Waals surface area contributed by atoms with Crippen molar-refractivity contribution in [2.75, 3.05) is 32.7 Å². The average molecular weight is 276 g/mol. The predicted octanol–water partition coefficient (Wildman–Crippen LogP) is 0.146. The summed E-state index contributed by atoms with van der Waals surface area (Å²) in [4.78, 5) is 24.9. The van der Waals surface area contributed by atoms with Gasteiger partial charge in [0, 0.05) is 13.1 Å². The highest BCUT2D eigenvalue weighted by Gasteiger charge is 2.21. The highest BCUT2D eigenvalue weighted by Crippen LogP contribution is 2.27. The van der Waals surface area contributed by atoms with Gasteiger partial charge in [0.15, 0.2) is 0 Å². The van der Waals surface area contributed by atoms with Crippen LogP contribution in [0.5, 0.6) is 0 Å². The van der Waals surface area contributed by atoms with Crippen LogP contribution in [0.1, 0.15) is 25.7 Å². The summed E-state index contributed by atoms with van der Waals surface area (Å²) in [5.41, 5.74) is 0. The van der Waals surface area contributed by atoms with E-state index in [0.717, 1.165) is 38.4 Å². The maximum atomic E-state index is 11.6. The summed E-state index contributed by atoms with van der Waals surface area (Å²) in [5, 5.41) is 5.76. The van der Waals surface area contributed by atoms with Crippen LogP contribution < -0.4 is 10.6 Å². The Morgan fingerprint density at radius 1 is 1.11 bits per heavy atom. The molecule has 0 aromatic carbocycles. The molecular formula is C12H22ClN3O2. The third kappa shape index (κ3) is 5.23. The minimum absolute atomic E-state index is 0. The molecule has 104 valence electrons. The van der Waals surface area contributed by atoms with E-state index in [2.05, 4.69) is 10.6 Å². The number of rotatable bonds is 6. The van der Waals surface area contributed by atoms with Gasteiger partial charge in [-0.05, 0) is 38.1 Å². The van der Waals surface area contributed by atoms with E-state index in [1.165, 1.54) is 12.8 Å². The van der Waals surface area contributed by atoms with E-state index in [4.69, 9.17) is 0 Å². The van der Waals surface area contributed by atoms with Gasteiger partial charge in [-0.25, -0.2) is 0 Å². The molecule has 1 saturated heterocycles. The monoisotopic (exact) mass is 275 g/mol. The minimum Gasteiger partial charge on any atom is -0.346 e. The van der Waals surface area contributed by atoms with Crippen molar-refractivity contribution < 1.29 is 9.59 Å². The number of carbonyl (C=O) groups excluding carboxylic acids is 2. The lowest BCUT2D eigenvalue weighted by atomic mass is 10.4. The maximum absolute atomic E-state index is 11.6. The first-order valence-corrected chi connectivity index (χ1v) is 6.51. The number of nitrogens with zero attached hydrogens (tertiary/aromatic N) is 1. The summed E-state index contributed by atoms with van der Waals surface area (Å²) < 4.78 is 0. The van der Waals surface area contributed by atoms with Crippen molar-refractivity contribution in [3.63, 3.8) is 0 Å². The molecule has 0 aromatic rings. The zero-order valence-corrected chi connectivity index (χ0v) is 11.4. The summed E-state index contributed by atoms with van der Waals surface area (Å²) in [6.45, 7) is 3.07. The molecule has 2 fully saturated rings. The molecule has 5 nitrogen and oxygen atoms in total. The van der Waals surface area contributed by atoms with Gasteiger partial charge in [-0.2, -0.15) is 0 Å². The highest BCUT2D eigenvalue weighted by atomic mass is 35.5. The zero-order chi connectivity index (χ0) is 12.1. The van der Waals surface area contributed by atoms with Gasteiger partial charge in [0.1, 0.15) is 0 Å². The van der Waals surface area contributed by atoms with Crippen LogP contribution in [0.2, 0.25) is 0 Å². The molecular weight excluding hydrogens is 254 g/mol. The third-order valence-corrected chi connectivity index (χ3v) is 3.31. The molecule has 2 N–H and O–H groups in total. The quantitative estimate of drug-likeness (QED) is 0.725. The molecule has 0 unspecified atom stereocenters. The number of nitrogens with one attached hydrogen (secondary N) is 2. The molecule has 0 bridgehead atoms. The molecule has 1 heterocycles. The molecule has 1 aliphatic carbocycles. The first-order chi connectivity index (χ1) is 8.25. The van der Waals surface area contributed by atoms with Crippen LogP contribution in [0.25, 0.3) is 0 Å². The summed E-state index contributed by atoms with van der Waals surface area (Å²) in [6.07, 6.45) is 4.73. The second kappa shape index (κ2) is 7.59. The van der Waals surface area contributed by atoms with Crippen molar-refractivity contribution in [2.45, 2.75) is 25.7 Å². The molecule has 2 aliphatic rings. The number of carbonyl (C=O) groups is 2. The number of hydrogen-bond donors (Lipinski definition) is 2.